The Morgan fingerprint density at radius 2 is 1.69 bits per heavy atom. The largest absolute Gasteiger partial charge is 0.481 e. The fourth-order valence-corrected chi connectivity index (χ4v) is 5.19. The minimum absolute atomic E-state index is 0.0854. The van der Waals surface area contributed by atoms with Crippen LogP contribution in [0.1, 0.15) is 67.9 Å². The van der Waals surface area contributed by atoms with Gasteiger partial charge in [0.25, 0.3) is 5.91 Å². The number of nitrogens with one attached hydrogen (secondary N) is 2. The number of carbonyl (C=O) groups excluding carboxylic acids is 1. The monoisotopic (exact) mass is 452 g/mol. The van der Waals surface area contributed by atoms with E-state index in [9.17, 15) is 9.59 Å². The van der Waals surface area contributed by atoms with Crippen LogP contribution in [0.5, 0.6) is 0 Å². The number of thiophene rings is 1. The summed E-state index contributed by atoms with van der Waals surface area (Å²) >= 11 is 1.79. The van der Waals surface area contributed by atoms with Gasteiger partial charge in [0.15, 0.2) is 0 Å². The first-order valence-electron chi connectivity index (χ1n) is 11.4. The van der Waals surface area contributed by atoms with Crippen molar-refractivity contribution in [2.45, 2.75) is 52.0 Å². The number of aliphatic carboxylic acids is 1. The predicted molar refractivity (Wildman–Crippen MR) is 133 cm³/mol. The number of carboxylic acids is 1. The van der Waals surface area contributed by atoms with Crippen molar-refractivity contribution in [1.29, 1.82) is 0 Å². The lowest BCUT2D eigenvalue weighted by atomic mass is 9.85. The molecule has 3 aromatic rings. The Hall–Kier alpha value is -2.86. The number of hydrogen-bond acceptors (Lipinski definition) is 4. The topological polar surface area (TPSA) is 78.4 Å². The van der Waals surface area contributed by atoms with E-state index in [4.69, 9.17) is 5.11 Å². The van der Waals surface area contributed by atoms with Crippen LogP contribution in [-0.2, 0) is 4.79 Å². The summed E-state index contributed by atoms with van der Waals surface area (Å²) in [6.07, 6.45) is 4.50. The van der Waals surface area contributed by atoms with E-state index in [0.29, 0.717) is 11.5 Å². The van der Waals surface area contributed by atoms with Crippen LogP contribution >= 0.6 is 11.3 Å². The standard InChI is InChI=1S/C26H32N2O3S/c1-3-7-18(8-4-2)25(22-17-32-23-10-6-5-9-21(22)23)28-20-13-11-19(12-14-20)26(31)27-16-15-24(29)30/h5-6,9-14,17-18,25,28H,3-4,7-8,15-16H2,1-2H3,(H,27,31)(H,29,30). The molecule has 1 atom stereocenters. The molecular formula is C26H32N2O3S. The fourth-order valence-electron chi connectivity index (χ4n) is 4.19. The van der Waals surface area contributed by atoms with Gasteiger partial charge in [0, 0.05) is 22.5 Å². The maximum absolute atomic E-state index is 12.2. The lowest BCUT2D eigenvalue weighted by Crippen LogP contribution is -2.26. The maximum Gasteiger partial charge on any atom is 0.305 e. The average Bonchev–Trinajstić information content (AvgIpc) is 3.21. The van der Waals surface area contributed by atoms with E-state index in [1.807, 2.05) is 12.1 Å². The molecule has 1 amide bonds. The summed E-state index contributed by atoms with van der Waals surface area (Å²) < 4.78 is 1.30. The second-order valence-electron chi connectivity index (χ2n) is 8.12. The highest BCUT2D eigenvalue weighted by Crippen LogP contribution is 2.39. The van der Waals surface area contributed by atoms with Crippen molar-refractivity contribution in [2.24, 2.45) is 5.92 Å². The highest BCUT2D eigenvalue weighted by atomic mass is 32.1. The van der Waals surface area contributed by atoms with Gasteiger partial charge in [0.05, 0.1) is 12.5 Å². The number of anilines is 1. The first-order valence-corrected chi connectivity index (χ1v) is 12.2. The third-order valence-corrected chi connectivity index (χ3v) is 6.71. The molecule has 0 aliphatic carbocycles. The van der Waals surface area contributed by atoms with Crippen molar-refractivity contribution >= 4 is 39.0 Å². The number of carbonyl (C=O) groups is 2. The Morgan fingerprint density at radius 1 is 1.00 bits per heavy atom. The molecule has 0 radical (unpaired) electrons. The smallest absolute Gasteiger partial charge is 0.305 e. The molecule has 0 saturated heterocycles. The molecule has 6 heteroatoms. The van der Waals surface area contributed by atoms with Crippen LogP contribution in [0.4, 0.5) is 5.69 Å². The molecule has 1 aromatic heterocycles. The minimum Gasteiger partial charge on any atom is -0.481 e. The highest BCUT2D eigenvalue weighted by Gasteiger charge is 2.24. The van der Waals surface area contributed by atoms with Crippen molar-refractivity contribution in [3.63, 3.8) is 0 Å². The van der Waals surface area contributed by atoms with Gasteiger partial charge in [-0.05, 0) is 65.4 Å². The van der Waals surface area contributed by atoms with E-state index in [2.05, 4.69) is 54.1 Å². The Labute approximate surface area is 193 Å². The normalized spacial score (nSPS) is 12.1. The van der Waals surface area contributed by atoms with Crippen LogP contribution in [0.2, 0.25) is 0 Å². The van der Waals surface area contributed by atoms with Gasteiger partial charge in [-0.15, -0.1) is 11.3 Å². The number of carboxylic acid groups (broad SMARTS) is 1. The Kier molecular flexibility index (Phi) is 8.68. The van der Waals surface area contributed by atoms with Gasteiger partial charge in [-0.25, -0.2) is 0 Å². The maximum atomic E-state index is 12.2. The van der Waals surface area contributed by atoms with Crippen molar-refractivity contribution in [3.8, 4) is 0 Å². The highest BCUT2D eigenvalue weighted by molar-refractivity contribution is 7.17. The van der Waals surface area contributed by atoms with Gasteiger partial charge in [-0.3, -0.25) is 9.59 Å². The zero-order valence-corrected chi connectivity index (χ0v) is 19.6. The minimum atomic E-state index is -0.925. The Morgan fingerprint density at radius 3 is 2.34 bits per heavy atom. The zero-order chi connectivity index (χ0) is 22.9. The summed E-state index contributed by atoms with van der Waals surface area (Å²) in [7, 11) is 0. The summed E-state index contributed by atoms with van der Waals surface area (Å²) in [5.41, 5.74) is 2.84. The molecule has 2 aromatic carbocycles. The van der Waals surface area contributed by atoms with Gasteiger partial charge < -0.3 is 15.7 Å². The van der Waals surface area contributed by atoms with Crippen molar-refractivity contribution in [3.05, 3.63) is 65.0 Å². The quantitative estimate of drug-likeness (QED) is 0.294. The number of benzene rings is 2. The third kappa shape index (κ3) is 6.10. The molecular weight excluding hydrogens is 420 g/mol. The van der Waals surface area contributed by atoms with E-state index in [-0.39, 0.29) is 24.9 Å². The van der Waals surface area contributed by atoms with E-state index in [1.165, 1.54) is 15.6 Å². The number of hydrogen-bond donors (Lipinski definition) is 3. The first kappa shape index (κ1) is 23.8. The fraction of sp³-hybridized carbons (Fsp3) is 0.385. The molecule has 0 fully saturated rings. The third-order valence-electron chi connectivity index (χ3n) is 5.73. The van der Waals surface area contributed by atoms with Crippen LogP contribution in [0.3, 0.4) is 0 Å². The van der Waals surface area contributed by atoms with Gasteiger partial charge in [0.1, 0.15) is 0 Å². The lowest BCUT2D eigenvalue weighted by Gasteiger charge is -2.29. The van der Waals surface area contributed by atoms with E-state index >= 15 is 0 Å². The first-order chi connectivity index (χ1) is 15.5. The molecule has 0 aliphatic heterocycles. The molecule has 32 heavy (non-hydrogen) atoms. The summed E-state index contributed by atoms with van der Waals surface area (Å²) in [6.45, 7) is 4.60. The number of amides is 1. The van der Waals surface area contributed by atoms with Crippen molar-refractivity contribution in [1.82, 2.24) is 5.32 Å². The second kappa shape index (κ2) is 11.7. The van der Waals surface area contributed by atoms with Crippen molar-refractivity contribution < 1.29 is 14.7 Å². The van der Waals surface area contributed by atoms with Crippen LogP contribution in [0.25, 0.3) is 10.1 Å². The summed E-state index contributed by atoms with van der Waals surface area (Å²) in [6, 6.07) is 16.2. The molecule has 0 aliphatic rings. The average molecular weight is 453 g/mol. The summed E-state index contributed by atoms with van der Waals surface area (Å²) in [5.74, 6) is -0.666. The molecule has 3 N–H and O–H groups in total. The Bertz CT molecular complexity index is 1020. The van der Waals surface area contributed by atoms with Gasteiger partial charge in [0.2, 0.25) is 0 Å². The van der Waals surface area contributed by atoms with Gasteiger partial charge in [-0.1, -0.05) is 44.9 Å². The summed E-state index contributed by atoms with van der Waals surface area (Å²) in [4.78, 5) is 22.9. The van der Waals surface area contributed by atoms with Crippen molar-refractivity contribution in [2.75, 3.05) is 11.9 Å². The summed E-state index contributed by atoms with van der Waals surface area (Å²) in [5, 5.41) is 18.7. The molecule has 0 spiro atoms. The van der Waals surface area contributed by atoms with Crippen LogP contribution in [-0.4, -0.2) is 23.5 Å². The van der Waals surface area contributed by atoms with Crippen LogP contribution in [0.15, 0.2) is 53.9 Å². The zero-order valence-electron chi connectivity index (χ0n) is 18.8. The van der Waals surface area contributed by atoms with E-state index in [1.54, 1.807) is 23.5 Å². The SMILES string of the molecule is CCCC(CCC)C(Nc1ccc(C(=O)NCCC(=O)O)cc1)c1csc2ccccc12. The van der Waals surface area contributed by atoms with Crippen LogP contribution in [0, 0.1) is 5.92 Å². The molecule has 0 saturated carbocycles. The van der Waals surface area contributed by atoms with Gasteiger partial charge in [-0.2, -0.15) is 0 Å². The Balaban J connectivity index is 1.81. The van der Waals surface area contributed by atoms with Crippen LogP contribution < -0.4 is 10.6 Å². The molecule has 0 bridgehead atoms. The second-order valence-corrected chi connectivity index (χ2v) is 9.03. The van der Waals surface area contributed by atoms with E-state index in [0.717, 1.165) is 31.4 Å². The van der Waals surface area contributed by atoms with E-state index < -0.39 is 5.97 Å². The number of rotatable bonds is 12. The molecule has 170 valence electrons. The lowest BCUT2D eigenvalue weighted by molar-refractivity contribution is -0.136. The number of fused-ring (bicyclic) bond motifs is 1. The predicted octanol–water partition coefficient (Wildman–Crippen LogP) is 6.48. The molecule has 3 rings (SSSR count). The molecule has 5 nitrogen and oxygen atoms in total. The molecule has 1 unspecified atom stereocenters. The van der Waals surface area contributed by atoms with Gasteiger partial charge >= 0.3 is 5.97 Å². The molecule has 1 heterocycles.